The molecule has 0 fully saturated rings. The van der Waals surface area contributed by atoms with Gasteiger partial charge in [-0.15, -0.1) is 0 Å². The largest absolute Gasteiger partial charge is 0.480 e. The molecule has 1 amide bonds. The lowest BCUT2D eigenvalue weighted by atomic mass is 10.0. The van der Waals surface area contributed by atoms with Crippen LogP contribution in [0.2, 0.25) is 0 Å². The Kier molecular flexibility index (Phi) is 6.76. The molecule has 3 aromatic carbocycles. The van der Waals surface area contributed by atoms with E-state index in [9.17, 15) is 14.7 Å². The highest BCUT2D eigenvalue weighted by molar-refractivity contribution is 5.87. The second-order valence-electron chi connectivity index (χ2n) is 6.69. The fourth-order valence-electron chi connectivity index (χ4n) is 3.17. The summed E-state index contributed by atoms with van der Waals surface area (Å²) in [6.45, 7) is 0. The summed E-state index contributed by atoms with van der Waals surface area (Å²) < 4.78 is 5.29. The van der Waals surface area contributed by atoms with Gasteiger partial charge in [-0.1, -0.05) is 84.9 Å². The number of carboxylic acids is 1. The van der Waals surface area contributed by atoms with Crippen molar-refractivity contribution in [2.75, 3.05) is 7.11 Å². The Hall–Kier alpha value is -3.44. The first-order valence-corrected chi connectivity index (χ1v) is 9.34. The van der Waals surface area contributed by atoms with Crippen molar-refractivity contribution in [3.63, 3.8) is 0 Å². The number of methoxy groups -OCH3 is 1. The highest BCUT2D eigenvalue weighted by Crippen LogP contribution is 2.20. The fraction of sp³-hybridized carbons (Fsp3) is 0.167. The van der Waals surface area contributed by atoms with E-state index in [-0.39, 0.29) is 6.42 Å². The molecule has 0 saturated carbocycles. The van der Waals surface area contributed by atoms with Gasteiger partial charge >= 0.3 is 5.97 Å². The van der Waals surface area contributed by atoms with Crippen LogP contribution in [0, 0.1) is 0 Å². The quantitative estimate of drug-likeness (QED) is 0.614. The lowest BCUT2D eigenvalue weighted by molar-refractivity contribution is -0.144. The Labute approximate surface area is 170 Å². The van der Waals surface area contributed by atoms with E-state index in [0.29, 0.717) is 5.56 Å². The number of ether oxygens (including phenoxy) is 1. The number of carbonyl (C=O) groups is 2. The first-order valence-electron chi connectivity index (χ1n) is 9.34. The van der Waals surface area contributed by atoms with Gasteiger partial charge in [0.2, 0.25) is 0 Å². The average molecular weight is 389 g/mol. The SMILES string of the molecule is CO[C@H](C(=O)N[C@@H](Cc1ccc(-c2ccccc2)cc1)C(=O)O)c1ccccc1. The molecule has 0 heterocycles. The Morgan fingerprint density at radius 1 is 0.862 bits per heavy atom. The van der Waals surface area contributed by atoms with Gasteiger partial charge in [-0.25, -0.2) is 4.79 Å². The van der Waals surface area contributed by atoms with Crippen molar-refractivity contribution in [2.45, 2.75) is 18.6 Å². The number of hydrogen-bond donors (Lipinski definition) is 2. The highest BCUT2D eigenvalue weighted by atomic mass is 16.5. The van der Waals surface area contributed by atoms with Crippen LogP contribution >= 0.6 is 0 Å². The lowest BCUT2D eigenvalue weighted by Crippen LogP contribution is -2.44. The molecule has 3 rings (SSSR count). The van der Waals surface area contributed by atoms with Crippen molar-refractivity contribution < 1.29 is 19.4 Å². The molecule has 0 aliphatic rings. The number of benzene rings is 3. The van der Waals surface area contributed by atoms with E-state index < -0.39 is 24.0 Å². The van der Waals surface area contributed by atoms with E-state index >= 15 is 0 Å². The molecule has 0 unspecified atom stereocenters. The summed E-state index contributed by atoms with van der Waals surface area (Å²) in [5.74, 6) is -1.57. The standard InChI is InChI=1S/C24H23NO4/c1-29-22(20-10-6-3-7-11-20)23(26)25-21(24(27)28)16-17-12-14-19(15-13-17)18-8-4-2-5-9-18/h2-15,21-22H,16H2,1H3,(H,25,26)(H,27,28)/t21-,22-/m0/s1. The van der Waals surface area contributed by atoms with Crippen molar-refractivity contribution in [3.8, 4) is 11.1 Å². The van der Waals surface area contributed by atoms with Crippen LogP contribution in [-0.2, 0) is 20.7 Å². The zero-order valence-electron chi connectivity index (χ0n) is 16.1. The summed E-state index contributed by atoms with van der Waals surface area (Å²) in [6.07, 6.45) is -0.681. The van der Waals surface area contributed by atoms with Gasteiger partial charge in [0.25, 0.3) is 5.91 Å². The van der Waals surface area contributed by atoms with Gasteiger partial charge in [-0.05, 0) is 22.3 Å². The predicted molar refractivity (Wildman–Crippen MR) is 111 cm³/mol. The molecule has 29 heavy (non-hydrogen) atoms. The zero-order chi connectivity index (χ0) is 20.6. The molecular formula is C24H23NO4. The van der Waals surface area contributed by atoms with Crippen LogP contribution in [0.15, 0.2) is 84.9 Å². The minimum atomic E-state index is -1.09. The second-order valence-corrected chi connectivity index (χ2v) is 6.69. The average Bonchev–Trinajstić information content (AvgIpc) is 2.75. The van der Waals surface area contributed by atoms with Crippen molar-refractivity contribution in [2.24, 2.45) is 0 Å². The van der Waals surface area contributed by atoms with Crippen LogP contribution in [-0.4, -0.2) is 30.1 Å². The zero-order valence-corrected chi connectivity index (χ0v) is 16.1. The van der Waals surface area contributed by atoms with Gasteiger partial charge in [0.15, 0.2) is 6.10 Å². The summed E-state index contributed by atoms with van der Waals surface area (Å²) in [5.41, 5.74) is 3.64. The van der Waals surface area contributed by atoms with Crippen LogP contribution in [0.3, 0.4) is 0 Å². The molecule has 0 bridgehead atoms. The maximum Gasteiger partial charge on any atom is 0.326 e. The summed E-state index contributed by atoms with van der Waals surface area (Å²) in [5, 5.41) is 12.2. The molecular weight excluding hydrogens is 366 g/mol. The first-order chi connectivity index (χ1) is 14.1. The molecule has 3 aromatic rings. The molecule has 0 spiro atoms. The molecule has 5 heteroatoms. The van der Waals surface area contributed by atoms with Crippen molar-refractivity contribution >= 4 is 11.9 Å². The molecule has 2 atom stereocenters. The number of rotatable bonds is 8. The number of carbonyl (C=O) groups excluding carboxylic acids is 1. The lowest BCUT2D eigenvalue weighted by Gasteiger charge is -2.20. The number of carboxylic acid groups (broad SMARTS) is 1. The van der Waals surface area contributed by atoms with E-state index in [1.807, 2.05) is 60.7 Å². The third-order valence-electron chi connectivity index (χ3n) is 4.69. The minimum Gasteiger partial charge on any atom is -0.480 e. The number of amides is 1. The molecule has 0 aliphatic heterocycles. The molecule has 0 saturated heterocycles. The third kappa shape index (κ3) is 5.30. The van der Waals surface area contributed by atoms with Gasteiger partial charge < -0.3 is 15.2 Å². The minimum absolute atomic E-state index is 0.182. The van der Waals surface area contributed by atoms with Gasteiger partial charge in [0, 0.05) is 13.5 Å². The predicted octanol–water partition coefficient (Wildman–Crippen LogP) is 3.85. The molecule has 0 aromatic heterocycles. The van der Waals surface area contributed by atoms with Crippen molar-refractivity contribution in [1.82, 2.24) is 5.32 Å². The Bertz CT molecular complexity index is 940. The van der Waals surface area contributed by atoms with E-state index in [4.69, 9.17) is 4.74 Å². The van der Waals surface area contributed by atoms with Crippen LogP contribution in [0.25, 0.3) is 11.1 Å². The van der Waals surface area contributed by atoms with Crippen LogP contribution in [0.1, 0.15) is 17.2 Å². The van der Waals surface area contributed by atoms with Crippen molar-refractivity contribution in [3.05, 3.63) is 96.1 Å². The second kappa shape index (κ2) is 9.66. The van der Waals surface area contributed by atoms with Crippen molar-refractivity contribution in [1.29, 1.82) is 0 Å². The summed E-state index contributed by atoms with van der Waals surface area (Å²) >= 11 is 0. The van der Waals surface area contributed by atoms with Gasteiger partial charge in [0.1, 0.15) is 6.04 Å². The van der Waals surface area contributed by atoms with Crippen LogP contribution < -0.4 is 5.32 Å². The van der Waals surface area contributed by atoms with E-state index in [0.717, 1.165) is 16.7 Å². The Balaban J connectivity index is 1.70. The normalized spacial score (nSPS) is 12.7. The van der Waals surface area contributed by atoms with E-state index in [1.54, 1.807) is 24.3 Å². The maximum absolute atomic E-state index is 12.6. The summed E-state index contributed by atoms with van der Waals surface area (Å²) in [7, 11) is 1.43. The molecule has 0 radical (unpaired) electrons. The topological polar surface area (TPSA) is 75.6 Å². The third-order valence-corrected chi connectivity index (χ3v) is 4.69. The van der Waals surface area contributed by atoms with Gasteiger partial charge in [0.05, 0.1) is 0 Å². The molecule has 148 valence electrons. The van der Waals surface area contributed by atoms with Gasteiger partial charge in [-0.2, -0.15) is 0 Å². The number of nitrogens with one attached hydrogen (secondary N) is 1. The highest BCUT2D eigenvalue weighted by Gasteiger charge is 2.26. The monoisotopic (exact) mass is 389 g/mol. The van der Waals surface area contributed by atoms with Crippen LogP contribution in [0.5, 0.6) is 0 Å². The summed E-state index contributed by atoms with van der Waals surface area (Å²) in [4.78, 5) is 24.3. The van der Waals surface area contributed by atoms with E-state index in [2.05, 4.69) is 5.32 Å². The first kappa shape index (κ1) is 20.3. The Morgan fingerprint density at radius 2 is 1.41 bits per heavy atom. The Morgan fingerprint density at radius 3 is 1.97 bits per heavy atom. The van der Waals surface area contributed by atoms with E-state index in [1.165, 1.54) is 7.11 Å². The van der Waals surface area contributed by atoms with Gasteiger partial charge in [-0.3, -0.25) is 4.79 Å². The molecule has 5 nitrogen and oxygen atoms in total. The maximum atomic E-state index is 12.6. The van der Waals surface area contributed by atoms with Crippen LogP contribution in [0.4, 0.5) is 0 Å². The summed E-state index contributed by atoms with van der Waals surface area (Å²) in [6, 6.07) is 25.5. The fourth-order valence-corrected chi connectivity index (χ4v) is 3.17. The molecule has 2 N–H and O–H groups in total. The molecule has 0 aliphatic carbocycles. The number of aliphatic carboxylic acids is 1. The smallest absolute Gasteiger partial charge is 0.326 e. The number of hydrogen-bond acceptors (Lipinski definition) is 3.